The van der Waals surface area contributed by atoms with Crippen molar-refractivity contribution in [2.75, 3.05) is 6.61 Å². The fourth-order valence-electron chi connectivity index (χ4n) is 2.46. The molecule has 0 aromatic heterocycles. The van der Waals surface area contributed by atoms with Gasteiger partial charge in [0.15, 0.2) is 6.61 Å². The van der Waals surface area contributed by atoms with E-state index in [0.717, 1.165) is 6.42 Å². The SMILES string of the molecule is CC(C)(C)CC(C)(C)NC(=O)COc1ccc(Cl)cc1. The largest absolute Gasteiger partial charge is 0.484 e. The number of nitrogens with one attached hydrogen (secondary N) is 1. The van der Waals surface area contributed by atoms with Crippen molar-refractivity contribution in [3.8, 4) is 5.75 Å². The Morgan fingerprint density at radius 3 is 2.20 bits per heavy atom. The number of ether oxygens (including phenoxy) is 1. The fourth-order valence-corrected chi connectivity index (χ4v) is 2.59. The molecule has 0 aliphatic heterocycles. The molecule has 0 unspecified atom stereocenters. The number of halogens is 1. The molecule has 3 nitrogen and oxygen atoms in total. The van der Waals surface area contributed by atoms with Crippen LogP contribution in [0.15, 0.2) is 24.3 Å². The van der Waals surface area contributed by atoms with Gasteiger partial charge in [-0.3, -0.25) is 4.79 Å². The van der Waals surface area contributed by atoms with E-state index < -0.39 is 0 Å². The summed E-state index contributed by atoms with van der Waals surface area (Å²) in [5.41, 5.74) is -0.0908. The molecule has 0 radical (unpaired) electrons. The lowest BCUT2D eigenvalue weighted by molar-refractivity contribution is -0.125. The number of hydrogen-bond donors (Lipinski definition) is 1. The number of carbonyl (C=O) groups is 1. The highest BCUT2D eigenvalue weighted by atomic mass is 35.5. The Morgan fingerprint density at radius 1 is 1.15 bits per heavy atom. The Labute approximate surface area is 126 Å². The highest BCUT2D eigenvalue weighted by Crippen LogP contribution is 2.26. The minimum absolute atomic E-state index is 0.00913. The third kappa shape index (κ3) is 6.80. The fraction of sp³-hybridized carbons (Fsp3) is 0.562. The van der Waals surface area contributed by atoms with E-state index in [9.17, 15) is 4.79 Å². The average Bonchev–Trinajstić information content (AvgIpc) is 2.24. The summed E-state index contributed by atoms with van der Waals surface area (Å²) in [6.07, 6.45) is 0.896. The Balaban J connectivity index is 2.45. The predicted molar refractivity (Wildman–Crippen MR) is 83.2 cm³/mol. The van der Waals surface area contributed by atoms with Crippen LogP contribution in [0.1, 0.15) is 41.0 Å². The van der Waals surface area contributed by atoms with Crippen molar-refractivity contribution in [3.63, 3.8) is 0 Å². The molecule has 1 amide bonds. The number of hydrogen-bond acceptors (Lipinski definition) is 2. The molecule has 0 fully saturated rings. The summed E-state index contributed by atoms with van der Waals surface area (Å²) in [6, 6.07) is 6.96. The first-order valence-corrected chi connectivity index (χ1v) is 7.15. The molecule has 1 aromatic rings. The number of rotatable bonds is 5. The normalized spacial score (nSPS) is 12.1. The van der Waals surface area contributed by atoms with Crippen LogP contribution in [-0.2, 0) is 4.79 Å². The molecule has 4 heteroatoms. The second-order valence-electron chi connectivity index (χ2n) is 6.91. The second-order valence-corrected chi connectivity index (χ2v) is 7.35. The zero-order valence-electron chi connectivity index (χ0n) is 12.9. The molecular formula is C16H24ClNO2. The van der Waals surface area contributed by atoms with Gasteiger partial charge in [-0.1, -0.05) is 32.4 Å². The highest BCUT2D eigenvalue weighted by molar-refractivity contribution is 6.30. The first-order chi connectivity index (χ1) is 9.07. The minimum Gasteiger partial charge on any atom is -0.484 e. The molecule has 0 aliphatic rings. The first kappa shape index (κ1) is 16.8. The molecule has 1 N–H and O–H groups in total. The number of carbonyl (C=O) groups excluding carboxylic acids is 1. The van der Waals surface area contributed by atoms with Crippen LogP contribution in [0.4, 0.5) is 0 Å². The quantitative estimate of drug-likeness (QED) is 0.890. The van der Waals surface area contributed by atoms with Crippen molar-refractivity contribution in [1.29, 1.82) is 0 Å². The summed E-state index contributed by atoms with van der Waals surface area (Å²) in [6.45, 7) is 10.5. The van der Waals surface area contributed by atoms with Gasteiger partial charge in [-0.25, -0.2) is 0 Å². The van der Waals surface area contributed by atoms with E-state index in [-0.39, 0.29) is 23.5 Å². The molecule has 0 saturated heterocycles. The van der Waals surface area contributed by atoms with E-state index in [2.05, 4.69) is 26.1 Å². The lowest BCUT2D eigenvalue weighted by atomic mass is 9.82. The van der Waals surface area contributed by atoms with Crippen molar-refractivity contribution in [1.82, 2.24) is 5.32 Å². The smallest absolute Gasteiger partial charge is 0.258 e. The van der Waals surface area contributed by atoms with Gasteiger partial charge < -0.3 is 10.1 Å². The summed E-state index contributed by atoms with van der Waals surface area (Å²) in [7, 11) is 0. The van der Waals surface area contributed by atoms with Gasteiger partial charge in [-0.15, -0.1) is 0 Å². The van der Waals surface area contributed by atoms with Crippen LogP contribution >= 0.6 is 11.6 Å². The summed E-state index contributed by atoms with van der Waals surface area (Å²) in [4.78, 5) is 11.9. The summed E-state index contributed by atoms with van der Waals surface area (Å²) >= 11 is 5.79. The minimum atomic E-state index is -0.251. The molecule has 1 rings (SSSR count). The number of benzene rings is 1. The van der Waals surface area contributed by atoms with Gasteiger partial charge in [0.25, 0.3) is 5.91 Å². The van der Waals surface area contributed by atoms with E-state index >= 15 is 0 Å². The van der Waals surface area contributed by atoms with E-state index in [1.165, 1.54) is 0 Å². The average molecular weight is 298 g/mol. The molecule has 1 aromatic carbocycles. The molecule has 0 aliphatic carbocycles. The van der Waals surface area contributed by atoms with Crippen LogP contribution in [-0.4, -0.2) is 18.1 Å². The van der Waals surface area contributed by atoms with Crippen LogP contribution in [0.25, 0.3) is 0 Å². The highest BCUT2D eigenvalue weighted by Gasteiger charge is 2.26. The lowest BCUT2D eigenvalue weighted by Gasteiger charge is -2.33. The Hall–Kier alpha value is -1.22. The zero-order valence-corrected chi connectivity index (χ0v) is 13.7. The summed E-state index contributed by atoms with van der Waals surface area (Å²) in [5.74, 6) is 0.521. The van der Waals surface area contributed by atoms with Crippen molar-refractivity contribution < 1.29 is 9.53 Å². The summed E-state index contributed by atoms with van der Waals surface area (Å²) < 4.78 is 5.43. The van der Waals surface area contributed by atoms with Gasteiger partial charge in [0.2, 0.25) is 0 Å². The molecule has 0 bridgehead atoms. The van der Waals surface area contributed by atoms with Gasteiger partial charge in [-0.2, -0.15) is 0 Å². The number of amides is 1. The maximum Gasteiger partial charge on any atom is 0.258 e. The van der Waals surface area contributed by atoms with Gasteiger partial charge in [0, 0.05) is 10.6 Å². The maximum absolute atomic E-state index is 11.9. The van der Waals surface area contributed by atoms with Crippen molar-refractivity contribution >= 4 is 17.5 Å². The Morgan fingerprint density at radius 2 is 1.70 bits per heavy atom. The second kappa shape index (κ2) is 6.49. The topological polar surface area (TPSA) is 38.3 Å². The van der Waals surface area contributed by atoms with Gasteiger partial charge >= 0.3 is 0 Å². The molecule has 0 atom stereocenters. The van der Waals surface area contributed by atoms with Crippen molar-refractivity contribution in [3.05, 3.63) is 29.3 Å². The van der Waals surface area contributed by atoms with E-state index in [1.807, 2.05) is 13.8 Å². The molecule has 20 heavy (non-hydrogen) atoms. The van der Waals surface area contributed by atoms with Crippen LogP contribution < -0.4 is 10.1 Å². The van der Waals surface area contributed by atoms with Crippen LogP contribution in [0.5, 0.6) is 5.75 Å². The van der Waals surface area contributed by atoms with Crippen LogP contribution in [0, 0.1) is 5.41 Å². The third-order valence-electron chi connectivity index (χ3n) is 2.63. The van der Waals surface area contributed by atoms with Crippen molar-refractivity contribution in [2.24, 2.45) is 5.41 Å². The van der Waals surface area contributed by atoms with Crippen LogP contribution in [0.2, 0.25) is 5.02 Å². The molecule has 0 spiro atoms. The van der Waals surface area contributed by atoms with E-state index in [4.69, 9.17) is 16.3 Å². The van der Waals surface area contributed by atoms with E-state index in [0.29, 0.717) is 10.8 Å². The van der Waals surface area contributed by atoms with Crippen molar-refractivity contribution in [2.45, 2.75) is 46.6 Å². The molecular weight excluding hydrogens is 274 g/mol. The Kier molecular flexibility index (Phi) is 5.46. The maximum atomic E-state index is 11.9. The van der Waals surface area contributed by atoms with E-state index in [1.54, 1.807) is 24.3 Å². The third-order valence-corrected chi connectivity index (χ3v) is 2.89. The lowest BCUT2D eigenvalue weighted by Crippen LogP contribution is -2.47. The predicted octanol–water partition coefficient (Wildman–Crippen LogP) is 4.05. The van der Waals surface area contributed by atoms with Gasteiger partial charge in [0.1, 0.15) is 5.75 Å². The molecule has 0 heterocycles. The Bertz CT molecular complexity index is 447. The first-order valence-electron chi connectivity index (χ1n) is 6.77. The zero-order chi connectivity index (χ0) is 15.4. The van der Waals surface area contributed by atoms with Gasteiger partial charge in [0.05, 0.1) is 0 Å². The molecule has 112 valence electrons. The van der Waals surface area contributed by atoms with Crippen LogP contribution in [0.3, 0.4) is 0 Å². The standard InChI is InChI=1S/C16H24ClNO2/c1-15(2,3)11-16(4,5)18-14(19)10-20-13-8-6-12(17)7-9-13/h6-9H,10-11H2,1-5H3,(H,18,19). The monoisotopic (exact) mass is 297 g/mol. The summed E-state index contributed by atoms with van der Waals surface area (Å²) in [5, 5.41) is 3.65. The molecule has 0 saturated carbocycles. The van der Waals surface area contributed by atoms with Gasteiger partial charge in [-0.05, 0) is 49.9 Å².